The van der Waals surface area contributed by atoms with Crippen LogP contribution >= 0.6 is 24.4 Å². The molecule has 4 amide bonds. The Bertz CT molecular complexity index is 623. The average molecular weight is 468 g/mol. The van der Waals surface area contributed by atoms with Gasteiger partial charge in [-0.2, -0.15) is 24.4 Å². The van der Waals surface area contributed by atoms with Gasteiger partial charge in [-0.3, -0.25) is 19.2 Å². The third kappa shape index (κ3) is 10.7. The highest BCUT2D eigenvalue weighted by Gasteiger charge is 2.29. The fourth-order valence-electron chi connectivity index (χ4n) is 2.13. The van der Waals surface area contributed by atoms with Gasteiger partial charge in [-0.25, -0.2) is 4.79 Å². The van der Waals surface area contributed by atoms with Crippen molar-refractivity contribution in [2.75, 3.05) is 24.4 Å². The first-order valence-electron chi connectivity index (χ1n) is 8.95. The highest BCUT2D eigenvalue weighted by atomic mass is 32.2. The van der Waals surface area contributed by atoms with Gasteiger partial charge in [-0.1, -0.05) is 0 Å². The highest BCUT2D eigenvalue weighted by Crippen LogP contribution is 2.02. The predicted molar refractivity (Wildman–Crippen MR) is 114 cm³/mol. The van der Waals surface area contributed by atoms with Crippen molar-refractivity contribution in [3.8, 4) is 0 Å². The molecule has 172 valence electrons. The third-order valence-electron chi connectivity index (χ3n) is 3.89. The van der Waals surface area contributed by atoms with E-state index in [-0.39, 0.29) is 25.0 Å². The summed E-state index contributed by atoms with van der Waals surface area (Å²) >= 11 is 5.40. The quantitative estimate of drug-likeness (QED) is 0.114. The Morgan fingerprint density at radius 3 is 1.97 bits per heavy atom. The standard InChI is InChI=1S/C16H29N5O7S2/c1-30-5-4-9(16(27)28)19-15(26)11(7-29)21-14(25)10(6-22)20-13(24)8(17)2-3-12(18)23/h8-11,22,29H,2-7,17H2,1H3,(H2,18,23)(H,19,26)(H,20,24)(H,21,25)(H,27,28). The lowest BCUT2D eigenvalue weighted by Crippen LogP contribution is -2.58. The third-order valence-corrected chi connectivity index (χ3v) is 4.90. The number of hydrogen-bond acceptors (Lipinski definition) is 9. The molecule has 0 bridgehead atoms. The van der Waals surface area contributed by atoms with Crippen molar-refractivity contribution >= 4 is 54.0 Å². The van der Waals surface area contributed by atoms with Crippen molar-refractivity contribution in [3.63, 3.8) is 0 Å². The molecule has 4 atom stereocenters. The number of thioether (sulfide) groups is 1. The largest absolute Gasteiger partial charge is 0.480 e. The smallest absolute Gasteiger partial charge is 0.326 e. The molecule has 4 unspecified atom stereocenters. The number of nitrogens with two attached hydrogens (primary N) is 2. The van der Waals surface area contributed by atoms with Crippen LogP contribution in [0.5, 0.6) is 0 Å². The molecule has 0 aromatic carbocycles. The number of carboxylic acid groups (broad SMARTS) is 1. The van der Waals surface area contributed by atoms with Crippen molar-refractivity contribution in [2.24, 2.45) is 11.5 Å². The summed E-state index contributed by atoms with van der Waals surface area (Å²) in [4.78, 5) is 58.7. The molecule has 12 nitrogen and oxygen atoms in total. The van der Waals surface area contributed by atoms with E-state index in [4.69, 9.17) is 11.5 Å². The lowest BCUT2D eigenvalue weighted by Gasteiger charge is -2.23. The zero-order valence-corrected chi connectivity index (χ0v) is 18.2. The van der Waals surface area contributed by atoms with Gasteiger partial charge in [0, 0.05) is 12.2 Å². The van der Waals surface area contributed by atoms with Gasteiger partial charge in [0.1, 0.15) is 18.1 Å². The van der Waals surface area contributed by atoms with Gasteiger partial charge in [0.25, 0.3) is 0 Å². The van der Waals surface area contributed by atoms with E-state index in [9.17, 15) is 34.2 Å². The topological polar surface area (TPSA) is 214 Å². The molecular weight excluding hydrogens is 438 g/mol. The second-order valence-electron chi connectivity index (χ2n) is 6.28. The second-order valence-corrected chi connectivity index (χ2v) is 7.63. The number of amides is 4. The van der Waals surface area contributed by atoms with Crippen molar-refractivity contribution in [1.29, 1.82) is 0 Å². The zero-order valence-electron chi connectivity index (χ0n) is 16.5. The fourth-order valence-corrected chi connectivity index (χ4v) is 2.86. The number of carbonyl (C=O) groups excluding carboxylic acids is 4. The normalized spacial score (nSPS) is 14.7. The van der Waals surface area contributed by atoms with Crippen LogP contribution in [0, 0.1) is 0 Å². The van der Waals surface area contributed by atoms with Crippen LogP contribution in [-0.2, 0) is 24.0 Å². The summed E-state index contributed by atoms with van der Waals surface area (Å²) in [6.45, 7) is -0.785. The lowest BCUT2D eigenvalue weighted by atomic mass is 10.1. The first kappa shape index (κ1) is 28.0. The Balaban J connectivity index is 4.91. The number of aliphatic hydroxyl groups excluding tert-OH is 1. The molecule has 30 heavy (non-hydrogen) atoms. The molecule has 0 aromatic rings. The number of thiol groups is 1. The van der Waals surface area contributed by atoms with E-state index in [0.29, 0.717) is 5.75 Å². The Kier molecular flexibility index (Phi) is 13.9. The molecule has 0 aliphatic rings. The van der Waals surface area contributed by atoms with Crippen molar-refractivity contribution < 1.29 is 34.2 Å². The van der Waals surface area contributed by atoms with Crippen molar-refractivity contribution in [1.82, 2.24) is 16.0 Å². The molecule has 0 aromatic heterocycles. The Morgan fingerprint density at radius 2 is 1.50 bits per heavy atom. The number of carboxylic acids is 1. The van der Waals surface area contributed by atoms with Crippen LogP contribution in [0.25, 0.3) is 0 Å². The molecule has 0 saturated carbocycles. The van der Waals surface area contributed by atoms with Crippen LogP contribution in [0.1, 0.15) is 19.3 Å². The molecule has 14 heteroatoms. The molecule has 0 aliphatic carbocycles. The predicted octanol–water partition coefficient (Wildman–Crippen LogP) is -3.21. The van der Waals surface area contributed by atoms with E-state index in [1.54, 1.807) is 6.26 Å². The summed E-state index contributed by atoms with van der Waals surface area (Å²) in [6, 6.07) is -4.89. The van der Waals surface area contributed by atoms with Gasteiger partial charge in [0.2, 0.25) is 23.6 Å². The lowest BCUT2D eigenvalue weighted by molar-refractivity contribution is -0.142. The number of nitrogens with one attached hydrogen (secondary N) is 3. The summed E-state index contributed by atoms with van der Waals surface area (Å²) in [6.07, 6.45) is 1.80. The van der Waals surface area contributed by atoms with E-state index in [0.717, 1.165) is 0 Å². The number of primary amides is 1. The number of hydrogen-bond donors (Lipinski definition) is 8. The van der Waals surface area contributed by atoms with Crippen LogP contribution in [0.2, 0.25) is 0 Å². The maximum Gasteiger partial charge on any atom is 0.326 e. The molecule has 9 N–H and O–H groups in total. The molecule has 0 rings (SSSR count). The van der Waals surface area contributed by atoms with Gasteiger partial charge in [0.15, 0.2) is 0 Å². The van der Waals surface area contributed by atoms with E-state index in [2.05, 4.69) is 28.6 Å². The Morgan fingerprint density at radius 1 is 0.967 bits per heavy atom. The summed E-state index contributed by atoms with van der Waals surface area (Å²) in [5.74, 6) is -3.96. The number of rotatable bonds is 15. The molecule has 0 fully saturated rings. The summed E-state index contributed by atoms with van der Waals surface area (Å²) < 4.78 is 0. The number of aliphatic carboxylic acids is 1. The molecule has 0 radical (unpaired) electrons. The maximum absolute atomic E-state index is 12.3. The molecule has 0 aliphatic heterocycles. The summed E-state index contributed by atoms with van der Waals surface area (Å²) in [5, 5.41) is 25.4. The second kappa shape index (κ2) is 14.9. The van der Waals surface area contributed by atoms with Crippen LogP contribution in [-0.4, -0.2) is 88.3 Å². The Hall–Kier alpha value is -2.03. The van der Waals surface area contributed by atoms with Crippen molar-refractivity contribution in [2.45, 2.75) is 43.4 Å². The van der Waals surface area contributed by atoms with Crippen LogP contribution in [0.3, 0.4) is 0 Å². The van der Waals surface area contributed by atoms with Gasteiger partial charge < -0.3 is 37.6 Å². The van der Waals surface area contributed by atoms with Crippen LogP contribution in [0.15, 0.2) is 0 Å². The van der Waals surface area contributed by atoms with E-state index in [1.165, 1.54) is 11.8 Å². The van der Waals surface area contributed by atoms with Gasteiger partial charge in [-0.05, 0) is 24.9 Å². The number of aliphatic hydroxyl groups is 1. The van der Waals surface area contributed by atoms with Gasteiger partial charge >= 0.3 is 5.97 Å². The zero-order chi connectivity index (χ0) is 23.3. The monoisotopic (exact) mass is 467 g/mol. The minimum Gasteiger partial charge on any atom is -0.480 e. The highest BCUT2D eigenvalue weighted by molar-refractivity contribution is 7.98. The number of carbonyl (C=O) groups is 5. The first-order chi connectivity index (χ1) is 14.1. The van der Waals surface area contributed by atoms with E-state index < -0.39 is 60.4 Å². The van der Waals surface area contributed by atoms with E-state index in [1.807, 2.05) is 0 Å². The average Bonchev–Trinajstić information content (AvgIpc) is 2.70. The van der Waals surface area contributed by atoms with Crippen molar-refractivity contribution in [3.05, 3.63) is 0 Å². The van der Waals surface area contributed by atoms with Gasteiger partial charge in [0.05, 0.1) is 12.6 Å². The summed E-state index contributed by atoms with van der Waals surface area (Å²) in [7, 11) is 0. The molecule has 0 heterocycles. The minimum atomic E-state index is -1.42. The van der Waals surface area contributed by atoms with E-state index >= 15 is 0 Å². The SMILES string of the molecule is CSCCC(NC(=O)C(CS)NC(=O)C(CO)NC(=O)C(N)CCC(N)=O)C(=O)O. The summed E-state index contributed by atoms with van der Waals surface area (Å²) in [5.41, 5.74) is 10.6. The fraction of sp³-hybridized carbons (Fsp3) is 0.688. The van der Waals surface area contributed by atoms with Gasteiger partial charge in [-0.15, -0.1) is 0 Å². The minimum absolute atomic E-state index is 0.0464. The molecular formula is C16H29N5O7S2. The van der Waals surface area contributed by atoms with Crippen LogP contribution < -0.4 is 27.4 Å². The maximum atomic E-state index is 12.3. The Labute approximate surface area is 183 Å². The first-order valence-corrected chi connectivity index (χ1v) is 11.0. The molecule has 0 spiro atoms. The molecule has 0 saturated heterocycles. The van der Waals surface area contributed by atoms with Crippen LogP contribution in [0.4, 0.5) is 0 Å².